The number of carbonyl (C=O) groups is 2. The zero-order valence-corrected chi connectivity index (χ0v) is 17.5. The molecule has 0 aliphatic heterocycles. The Morgan fingerprint density at radius 3 is 2.79 bits per heavy atom. The van der Waals surface area contributed by atoms with Gasteiger partial charge in [-0.3, -0.25) is 9.59 Å². The molecule has 0 spiro atoms. The maximum atomic E-state index is 12.6. The van der Waals surface area contributed by atoms with Crippen molar-refractivity contribution in [1.82, 2.24) is 5.32 Å². The maximum absolute atomic E-state index is 12.6. The Labute approximate surface area is 177 Å². The van der Waals surface area contributed by atoms with Gasteiger partial charge in [-0.05, 0) is 49.4 Å². The molecule has 3 rings (SSSR count). The van der Waals surface area contributed by atoms with Gasteiger partial charge in [-0.1, -0.05) is 29.3 Å². The van der Waals surface area contributed by atoms with Crippen molar-refractivity contribution in [3.63, 3.8) is 0 Å². The Balaban J connectivity index is 1.73. The third kappa shape index (κ3) is 4.87. The van der Waals surface area contributed by atoms with Gasteiger partial charge in [0.05, 0.1) is 10.6 Å². The fourth-order valence-electron chi connectivity index (χ4n) is 3.05. The largest absolute Gasteiger partial charge is 0.482 e. The second-order valence-electron chi connectivity index (χ2n) is 6.33. The van der Waals surface area contributed by atoms with Crippen LogP contribution in [-0.2, 0) is 17.6 Å². The lowest BCUT2D eigenvalue weighted by Gasteiger charge is -2.13. The van der Waals surface area contributed by atoms with Crippen LogP contribution in [0, 0.1) is 0 Å². The number of fused-ring (bicyclic) bond motifs is 1. The minimum Gasteiger partial charge on any atom is -0.482 e. The molecule has 0 unspecified atom stereocenters. The highest BCUT2D eigenvalue weighted by Gasteiger charge is 2.26. The molecule has 2 amide bonds. The van der Waals surface area contributed by atoms with Gasteiger partial charge in [0, 0.05) is 16.4 Å². The maximum Gasteiger partial charge on any atom is 0.262 e. The topological polar surface area (TPSA) is 67.4 Å². The van der Waals surface area contributed by atoms with Crippen LogP contribution >= 0.6 is 34.5 Å². The molecule has 0 radical (unpaired) electrons. The number of hydrogen-bond donors (Lipinski definition) is 2. The van der Waals surface area contributed by atoms with Crippen LogP contribution in [0.3, 0.4) is 0 Å². The normalized spacial score (nSPS) is 12.8. The van der Waals surface area contributed by atoms with Gasteiger partial charge in [0.25, 0.3) is 11.8 Å². The Morgan fingerprint density at radius 1 is 1.25 bits per heavy atom. The molecule has 0 atom stereocenters. The number of amides is 2. The fraction of sp³-hybridized carbons (Fsp3) is 0.300. The number of nitrogens with one attached hydrogen (secondary N) is 2. The summed E-state index contributed by atoms with van der Waals surface area (Å²) in [5.41, 5.74) is 1.59. The number of halogens is 2. The van der Waals surface area contributed by atoms with Gasteiger partial charge in [0.1, 0.15) is 10.8 Å². The number of anilines is 1. The molecular formula is C20H20Cl2N2O3S. The molecular weight excluding hydrogens is 419 g/mol. The predicted octanol–water partition coefficient (Wildman–Crippen LogP) is 4.87. The van der Waals surface area contributed by atoms with Crippen molar-refractivity contribution in [2.75, 3.05) is 18.5 Å². The summed E-state index contributed by atoms with van der Waals surface area (Å²) in [6.07, 6.45) is 5.52. The lowest BCUT2D eigenvalue weighted by Crippen LogP contribution is -2.27. The van der Waals surface area contributed by atoms with E-state index in [1.165, 1.54) is 11.3 Å². The zero-order chi connectivity index (χ0) is 20.1. The Hall–Kier alpha value is -2.02. The van der Waals surface area contributed by atoms with Crippen LogP contribution in [0.2, 0.25) is 10.0 Å². The summed E-state index contributed by atoms with van der Waals surface area (Å²) in [6, 6.07) is 4.79. The average Bonchev–Trinajstić information content (AvgIpc) is 3.03. The van der Waals surface area contributed by atoms with E-state index >= 15 is 0 Å². The highest BCUT2D eigenvalue weighted by atomic mass is 35.5. The van der Waals surface area contributed by atoms with E-state index in [4.69, 9.17) is 27.9 Å². The van der Waals surface area contributed by atoms with E-state index in [1.807, 2.05) is 0 Å². The number of aryl methyl sites for hydroxylation is 1. The number of ether oxygens (including phenoxy) is 1. The van der Waals surface area contributed by atoms with Gasteiger partial charge in [-0.25, -0.2) is 0 Å². The first-order chi connectivity index (χ1) is 13.5. The first-order valence-corrected chi connectivity index (χ1v) is 10.5. The number of carbonyl (C=O) groups excluding carboxylic acids is 2. The molecule has 1 aromatic heterocycles. The summed E-state index contributed by atoms with van der Waals surface area (Å²) >= 11 is 13.4. The second-order valence-corrected chi connectivity index (χ2v) is 8.27. The molecule has 8 heteroatoms. The molecule has 0 fully saturated rings. The molecule has 0 saturated carbocycles. The summed E-state index contributed by atoms with van der Waals surface area (Å²) in [5, 5.41) is 7.01. The summed E-state index contributed by atoms with van der Waals surface area (Å²) in [6.45, 7) is 3.77. The standard InChI is InChI=1S/C20H20Cl2N2O3S/c1-2-9-23-19(26)18-13-5-3-4-6-16(13)28-20(18)24-17(25)11-27-15-8-7-12(21)10-14(15)22/h2,7-8,10H,1,3-6,9,11H2,(H,23,26)(H,24,25). The molecule has 2 N–H and O–H groups in total. The molecule has 1 aliphatic rings. The summed E-state index contributed by atoms with van der Waals surface area (Å²) in [4.78, 5) is 26.2. The summed E-state index contributed by atoms with van der Waals surface area (Å²) in [5.74, 6) is -0.186. The molecule has 2 aromatic rings. The van der Waals surface area contributed by atoms with Gasteiger partial charge in [0.15, 0.2) is 6.61 Å². The Kier molecular flexibility index (Phi) is 6.99. The highest BCUT2D eigenvalue weighted by molar-refractivity contribution is 7.17. The molecule has 1 heterocycles. The molecule has 148 valence electrons. The predicted molar refractivity (Wildman–Crippen MR) is 114 cm³/mol. The van der Waals surface area contributed by atoms with Crippen molar-refractivity contribution < 1.29 is 14.3 Å². The van der Waals surface area contributed by atoms with Crippen LogP contribution in [-0.4, -0.2) is 25.0 Å². The number of benzene rings is 1. The van der Waals surface area contributed by atoms with E-state index in [-0.39, 0.29) is 18.4 Å². The lowest BCUT2D eigenvalue weighted by atomic mass is 9.95. The molecule has 28 heavy (non-hydrogen) atoms. The lowest BCUT2D eigenvalue weighted by molar-refractivity contribution is -0.118. The molecule has 1 aromatic carbocycles. The highest BCUT2D eigenvalue weighted by Crippen LogP contribution is 2.38. The smallest absolute Gasteiger partial charge is 0.262 e. The van der Waals surface area contributed by atoms with Crippen molar-refractivity contribution in [3.8, 4) is 5.75 Å². The van der Waals surface area contributed by atoms with Crippen molar-refractivity contribution in [3.05, 3.63) is 56.9 Å². The summed E-state index contributed by atoms with van der Waals surface area (Å²) < 4.78 is 5.48. The van der Waals surface area contributed by atoms with E-state index in [9.17, 15) is 9.59 Å². The van der Waals surface area contributed by atoms with Gasteiger partial charge >= 0.3 is 0 Å². The Bertz CT molecular complexity index is 911. The van der Waals surface area contributed by atoms with Crippen LogP contribution in [0.5, 0.6) is 5.75 Å². The van der Waals surface area contributed by atoms with Crippen LogP contribution in [0.15, 0.2) is 30.9 Å². The number of hydrogen-bond acceptors (Lipinski definition) is 4. The third-order valence-electron chi connectivity index (χ3n) is 4.31. The number of thiophene rings is 1. The molecule has 0 saturated heterocycles. The Morgan fingerprint density at radius 2 is 2.04 bits per heavy atom. The van der Waals surface area contributed by atoms with Crippen molar-refractivity contribution in [2.45, 2.75) is 25.7 Å². The van der Waals surface area contributed by atoms with Crippen molar-refractivity contribution in [2.24, 2.45) is 0 Å². The molecule has 1 aliphatic carbocycles. The monoisotopic (exact) mass is 438 g/mol. The first kappa shape index (κ1) is 20.7. The number of rotatable bonds is 7. The quantitative estimate of drug-likeness (QED) is 0.605. The minimum atomic E-state index is -0.359. The van der Waals surface area contributed by atoms with Crippen LogP contribution in [0.25, 0.3) is 0 Å². The van der Waals surface area contributed by atoms with Gasteiger partial charge < -0.3 is 15.4 Å². The minimum absolute atomic E-state index is 0.198. The van der Waals surface area contributed by atoms with E-state index in [1.54, 1.807) is 24.3 Å². The third-order valence-corrected chi connectivity index (χ3v) is 6.05. The SMILES string of the molecule is C=CCNC(=O)c1c(NC(=O)COc2ccc(Cl)cc2Cl)sc2c1CCCC2. The van der Waals surface area contributed by atoms with Gasteiger partial charge in [0.2, 0.25) is 0 Å². The second kappa shape index (κ2) is 9.45. The van der Waals surface area contributed by atoms with Gasteiger partial charge in [-0.15, -0.1) is 17.9 Å². The van der Waals surface area contributed by atoms with Crippen molar-refractivity contribution in [1.29, 1.82) is 0 Å². The first-order valence-electron chi connectivity index (χ1n) is 8.91. The van der Waals surface area contributed by atoms with Crippen LogP contribution in [0.1, 0.15) is 33.6 Å². The average molecular weight is 439 g/mol. The molecule has 5 nitrogen and oxygen atoms in total. The van der Waals surface area contributed by atoms with E-state index in [0.29, 0.717) is 32.9 Å². The van der Waals surface area contributed by atoms with Gasteiger partial charge in [-0.2, -0.15) is 0 Å². The van der Waals surface area contributed by atoms with Crippen molar-refractivity contribution >= 4 is 51.4 Å². The van der Waals surface area contributed by atoms with E-state index < -0.39 is 0 Å². The fourth-order valence-corrected chi connectivity index (χ4v) is 4.81. The van der Waals surface area contributed by atoms with Crippen LogP contribution in [0.4, 0.5) is 5.00 Å². The molecule has 0 bridgehead atoms. The summed E-state index contributed by atoms with van der Waals surface area (Å²) in [7, 11) is 0. The zero-order valence-electron chi connectivity index (χ0n) is 15.1. The van der Waals surface area contributed by atoms with Crippen LogP contribution < -0.4 is 15.4 Å². The van der Waals surface area contributed by atoms with E-state index in [2.05, 4.69) is 17.2 Å². The van der Waals surface area contributed by atoms with E-state index in [0.717, 1.165) is 36.1 Å².